The molecule has 0 aliphatic carbocycles. The Balaban J connectivity index is 2.17. The summed E-state index contributed by atoms with van der Waals surface area (Å²) < 4.78 is 13.2. The minimum Gasteiger partial charge on any atom is -0.359 e. The lowest BCUT2D eigenvalue weighted by Crippen LogP contribution is -2.05. The number of carbonyl (C=O) groups excluding carboxylic acids is 1. The molecule has 0 aliphatic heterocycles. The number of aromatic amines is 1. The van der Waals surface area contributed by atoms with Crippen LogP contribution < -0.4 is 0 Å². The first-order chi connectivity index (χ1) is 7.27. The number of benzene rings is 1. The van der Waals surface area contributed by atoms with Crippen LogP contribution in [0.2, 0.25) is 0 Å². The topological polar surface area (TPSA) is 32.9 Å². The van der Waals surface area contributed by atoms with Crippen LogP contribution in [0.4, 0.5) is 4.39 Å². The number of nitrogens with one attached hydrogen (secondary N) is 1. The minimum atomic E-state index is -0.336. The highest BCUT2D eigenvalue weighted by molar-refractivity contribution is 5.95. The number of H-pyrrole nitrogens is 1. The molecule has 2 nitrogen and oxygen atoms in total. The lowest BCUT2D eigenvalue weighted by Gasteiger charge is -2.00. The van der Waals surface area contributed by atoms with Gasteiger partial charge in [-0.05, 0) is 23.8 Å². The molecule has 0 unspecified atom stereocenters. The first-order valence-corrected chi connectivity index (χ1v) is 4.67. The van der Waals surface area contributed by atoms with E-state index in [0.717, 1.165) is 0 Å². The highest BCUT2D eigenvalue weighted by Gasteiger charge is 2.09. The monoisotopic (exact) mass is 203 g/mol. The van der Waals surface area contributed by atoms with Crippen molar-refractivity contribution in [2.45, 2.75) is 6.42 Å². The van der Waals surface area contributed by atoms with Crippen LogP contribution in [0.15, 0.2) is 42.6 Å². The maximum Gasteiger partial charge on any atom is 0.183 e. The fourth-order valence-electron chi connectivity index (χ4n) is 1.41. The van der Waals surface area contributed by atoms with E-state index in [1.807, 2.05) is 0 Å². The molecule has 0 saturated heterocycles. The Morgan fingerprint density at radius 3 is 2.67 bits per heavy atom. The van der Waals surface area contributed by atoms with E-state index in [-0.39, 0.29) is 18.0 Å². The van der Waals surface area contributed by atoms with Crippen LogP contribution in [-0.4, -0.2) is 10.8 Å². The summed E-state index contributed by atoms with van der Waals surface area (Å²) in [6, 6.07) is 9.74. The molecule has 0 fully saturated rings. The van der Waals surface area contributed by atoms with E-state index in [0.29, 0.717) is 11.3 Å². The molecule has 3 heteroatoms. The van der Waals surface area contributed by atoms with Gasteiger partial charge in [-0.25, -0.2) is 4.39 Å². The van der Waals surface area contributed by atoms with Gasteiger partial charge in [-0.2, -0.15) is 0 Å². The Morgan fingerprint density at radius 2 is 2.00 bits per heavy atom. The SMILES string of the molecule is O=C(Cc1ccccc1F)c1ccc[nH]1. The van der Waals surface area contributed by atoms with Gasteiger partial charge in [-0.1, -0.05) is 18.2 Å². The molecule has 0 atom stereocenters. The minimum absolute atomic E-state index is 0.0905. The normalized spacial score (nSPS) is 10.2. The van der Waals surface area contributed by atoms with Gasteiger partial charge in [0.15, 0.2) is 5.78 Å². The molecule has 2 rings (SSSR count). The summed E-state index contributed by atoms with van der Waals surface area (Å²) in [5.74, 6) is -0.442. The third-order valence-corrected chi connectivity index (χ3v) is 2.21. The number of ketones is 1. The third-order valence-electron chi connectivity index (χ3n) is 2.21. The van der Waals surface area contributed by atoms with E-state index in [9.17, 15) is 9.18 Å². The molecule has 0 aliphatic rings. The van der Waals surface area contributed by atoms with Crippen LogP contribution >= 0.6 is 0 Å². The first-order valence-electron chi connectivity index (χ1n) is 4.67. The number of halogens is 1. The number of Topliss-reactive ketones (excluding diaryl/α,β-unsaturated/α-hetero) is 1. The molecule has 2 aromatic rings. The van der Waals surface area contributed by atoms with Crippen LogP contribution in [0.25, 0.3) is 0 Å². The maximum atomic E-state index is 13.2. The third kappa shape index (κ3) is 2.13. The Labute approximate surface area is 86.8 Å². The fraction of sp³-hybridized carbons (Fsp3) is 0.0833. The second-order valence-electron chi connectivity index (χ2n) is 3.28. The van der Waals surface area contributed by atoms with Crippen LogP contribution in [0.3, 0.4) is 0 Å². The quantitative estimate of drug-likeness (QED) is 0.764. The summed E-state index contributed by atoms with van der Waals surface area (Å²) in [6.07, 6.45) is 1.77. The first kappa shape index (κ1) is 9.65. The Bertz CT molecular complexity index is 462. The summed E-state index contributed by atoms with van der Waals surface area (Å²) in [6.45, 7) is 0. The van der Waals surface area contributed by atoms with E-state index in [1.54, 1.807) is 36.5 Å². The summed E-state index contributed by atoms with van der Waals surface area (Å²) in [5.41, 5.74) is 0.940. The van der Waals surface area contributed by atoms with Crippen molar-refractivity contribution in [1.29, 1.82) is 0 Å². The van der Waals surface area contributed by atoms with Crippen LogP contribution in [0.5, 0.6) is 0 Å². The summed E-state index contributed by atoms with van der Waals surface area (Å²) in [4.78, 5) is 14.4. The number of carbonyl (C=O) groups is 1. The molecular weight excluding hydrogens is 193 g/mol. The van der Waals surface area contributed by atoms with Gasteiger partial charge in [0.1, 0.15) is 5.82 Å². The predicted molar refractivity (Wildman–Crippen MR) is 55.2 cm³/mol. The van der Waals surface area contributed by atoms with Gasteiger partial charge < -0.3 is 4.98 Å². The molecule has 0 saturated carbocycles. The van der Waals surface area contributed by atoms with Crippen LogP contribution in [0, 0.1) is 5.82 Å². The maximum absolute atomic E-state index is 13.2. The van der Waals surface area contributed by atoms with Crippen LogP contribution in [-0.2, 0) is 6.42 Å². The van der Waals surface area contributed by atoms with Gasteiger partial charge in [-0.15, -0.1) is 0 Å². The lowest BCUT2D eigenvalue weighted by atomic mass is 10.1. The highest BCUT2D eigenvalue weighted by Crippen LogP contribution is 2.10. The summed E-state index contributed by atoms with van der Waals surface area (Å²) in [5, 5.41) is 0. The molecule has 0 amide bonds. The van der Waals surface area contributed by atoms with Crippen molar-refractivity contribution in [3.8, 4) is 0 Å². The van der Waals surface area contributed by atoms with Crippen molar-refractivity contribution in [1.82, 2.24) is 4.98 Å². The fourth-order valence-corrected chi connectivity index (χ4v) is 1.41. The zero-order chi connectivity index (χ0) is 10.7. The Morgan fingerprint density at radius 1 is 1.20 bits per heavy atom. The lowest BCUT2D eigenvalue weighted by molar-refractivity contribution is 0.0987. The van der Waals surface area contributed by atoms with E-state index < -0.39 is 0 Å². The van der Waals surface area contributed by atoms with Crippen molar-refractivity contribution in [3.05, 3.63) is 59.7 Å². The van der Waals surface area contributed by atoms with E-state index in [1.165, 1.54) is 6.07 Å². The van der Waals surface area contributed by atoms with Crippen molar-refractivity contribution in [2.24, 2.45) is 0 Å². The number of hydrogen-bond acceptors (Lipinski definition) is 1. The molecule has 76 valence electrons. The zero-order valence-corrected chi connectivity index (χ0v) is 8.03. The highest BCUT2D eigenvalue weighted by atomic mass is 19.1. The number of aromatic nitrogens is 1. The predicted octanol–water partition coefficient (Wildman–Crippen LogP) is 2.58. The largest absolute Gasteiger partial charge is 0.359 e. The second kappa shape index (κ2) is 4.09. The molecule has 1 aromatic heterocycles. The molecular formula is C12H10FNO. The number of rotatable bonds is 3. The molecule has 0 spiro atoms. The summed E-state index contributed by atoms with van der Waals surface area (Å²) in [7, 11) is 0. The van der Waals surface area contributed by atoms with Crippen molar-refractivity contribution >= 4 is 5.78 Å². The average molecular weight is 203 g/mol. The molecule has 1 N–H and O–H groups in total. The Hall–Kier alpha value is -1.90. The number of hydrogen-bond donors (Lipinski definition) is 1. The second-order valence-corrected chi connectivity index (χ2v) is 3.28. The van der Waals surface area contributed by atoms with Gasteiger partial charge in [0.2, 0.25) is 0 Å². The summed E-state index contributed by atoms with van der Waals surface area (Å²) >= 11 is 0. The molecule has 15 heavy (non-hydrogen) atoms. The van der Waals surface area contributed by atoms with Crippen molar-refractivity contribution in [3.63, 3.8) is 0 Å². The van der Waals surface area contributed by atoms with E-state index >= 15 is 0 Å². The molecule has 0 bridgehead atoms. The molecule has 1 heterocycles. The average Bonchev–Trinajstić information content (AvgIpc) is 2.74. The molecule has 0 radical (unpaired) electrons. The van der Waals surface area contributed by atoms with Crippen molar-refractivity contribution in [2.75, 3.05) is 0 Å². The standard InChI is InChI=1S/C12H10FNO/c13-10-5-2-1-4-9(10)8-12(15)11-6-3-7-14-11/h1-7,14H,8H2. The van der Waals surface area contributed by atoms with E-state index in [4.69, 9.17) is 0 Å². The van der Waals surface area contributed by atoms with Gasteiger partial charge >= 0.3 is 0 Å². The zero-order valence-electron chi connectivity index (χ0n) is 8.03. The van der Waals surface area contributed by atoms with E-state index in [2.05, 4.69) is 4.98 Å². The van der Waals surface area contributed by atoms with Crippen LogP contribution in [0.1, 0.15) is 16.1 Å². The van der Waals surface area contributed by atoms with Gasteiger partial charge in [0, 0.05) is 12.6 Å². The molecule has 1 aromatic carbocycles. The smallest absolute Gasteiger partial charge is 0.183 e. The van der Waals surface area contributed by atoms with Crippen molar-refractivity contribution < 1.29 is 9.18 Å². The van der Waals surface area contributed by atoms with Gasteiger partial charge in [0.05, 0.1) is 5.69 Å². The Kier molecular flexibility index (Phi) is 2.63. The van der Waals surface area contributed by atoms with Gasteiger partial charge in [-0.3, -0.25) is 4.79 Å². The van der Waals surface area contributed by atoms with Gasteiger partial charge in [0.25, 0.3) is 0 Å².